The summed E-state index contributed by atoms with van der Waals surface area (Å²) in [6.45, 7) is 1.94. The highest BCUT2D eigenvalue weighted by Crippen LogP contribution is 2.13. The SMILES string of the molecule is NC(=O)[C@@H]1CCC[NH+](CC(=O)Nc2ccc(Br)cc2)C1. The van der Waals surface area contributed by atoms with E-state index in [9.17, 15) is 9.59 Å². The van der Waals surface area contributed by atoms with E-state index in [-0.39, 0.29) is 17.7 Å². The van der Waals surface area contributed by atoms with Crippen LogP contribution in [0.2, 0.25) is 0 Å². The zero-order chi connectivity index (χ0) is 14.5. The molecular weight excluding hydrogens is 322 g/mol. The number of quaternary nitrogens is 1. The molecule has 0 radical (unpaired) electrons. The van der Waals surface area contributed by atoms with Gasteiger partial charge in [0.05, 0.1) is 19.0 Å². The average molecular weight is 341 g/mol. The largest absolute Gasteiger partial charge is 0.369 e. The summed E-state index contributed by atoms with van der Waals surface area (Å²) in [5.41, 5.74) is 6.12. The minimum Gasteiger partial charge on any atom is -0.369 e. The van der Waals surface area contributed by atoms with Crippen molar-refractivity contribution in [2.45, 2.75) is 12.8 Å². The minimum absolute atomic E-state index is 0.0348. The summed E-state index contributed by atoms with van der Waals surface area (Å²) in [5, 5.41) is 2.86. The number of halogens is 1. The Bertz CT molecular complexity index is 490. The number of amides is 2. The molecule has 0 spiro atoms. The fourth-order valence-electron chi connectivity index (χ4n) is 2.52. The molecule has 0 aromatic heterocycles. The van der Waals surface area contributed by atoms with Gasteiger partial charge in [-0.3, -0.25) is 9.59 Å². The Hall–Kier alpha value is -1.40. The van der Waals surface area contributed by atoms with E-state index in [1.165, 1.54) is 0 Å². The van der Waals surface area contributed by atoms with Crippen molar-refractivity contribution < 1.29 is 14.5 Å². The van der Waals surface area contributed by atoms with Gasteiger partial charge in [-0.05, 0) is 37.1 Å². The Morgan fingerprint density at radius 1 is 1.35 bits per heavy atom. The number of carbonyl (C=O) groups excluding carboxylic acids is 2. The van der Waals surface area contributed by atoms with E-state index < -0.39 is 0 Å². The average Bonchev–Trinajstić information content (AvgIpc) is 2.41. The Morgan fingerprint density at radius 3 is 2.70 bits per heavy atom. The normalized spacial score (nSPS) is 22.2. The summed E-state index contributed by atoms with van der Waals surface area (Å²) < 4.78 is 0.974. The third-order valence-corrected chi connectivity index (χ3v) is 4.09. The quantitative estimate of drug-likeness (QED) is 0.730. The number of anilines is 1. The van der Waals surface area contributed by atoms with Crippen LogP contribution in [-0.2, 0) is 9.59 Å². The van der Waals surface area contributed by atoms with Crippen molar-refractivity contribution in [1.82, 2.24) is 0 Å². The molecule has 1 saturated heterocycles. The van der Waals surface area contributed by atoms with Crippen LogP contribution >= 0.6 is 15.9 Å². The molecule has 1 aromatic rings. The van der Waals surface area contributed by atoms with Crippen LogP contribution in [0.5, 0.6) is 0 Å². The molecule has 0 saturated carbocycles. The number of piperidine rings is 1. The maximum absolute atomic E-state index is 12.0. The molecule has 4 N–H and O–H groups in total. The summed E-state index contributed by atoms with van der Waals surface area (Å²) in [6.07, 6.45) is 1.78. The highest BCUT2D eigenvalue weighted by atomic mass is 79.9. The van der Waals surface area contributed by atoms with Crippen molar-refractivity contribution in [3.05, 3.63) is 28.7 Å². The number of carbonyl (C=O) groups is 2. The third-order valence-electron chi connectivity index (χ3n) is 3.56. The second kappa shape index (κ2) is 6.85. The zero-order valence-electron chi connectivity index (χ0n) is 11.2. The number of rotatable bonds is 4. The molecule has 1 fully saturated rings. The molecular formula is C14H19BrN3O2+. The number of benzene rings is 1. The molecule has 0 aliphatic carbocycles. The summed E-state index contributed by atoms with van der Waals surface area (Å²) in [6, 6.07) is 7.46. The first-order valence-electron chi connectivity index (χ1n) is 6.73. The van der Waals surface area contributed by atoms with Gasteiger partial charge in [-0.25, -0.2) is 0 Å². The van der Waals surface area contributed by atoms with Crippen LogP contribution in [-0.4, -0.2) is 31.4 Å². The number of hydrogen-bond donors (Lipinski definition) is 3. The molecule has 5 nitrogen and oxygen atoms in total. The lowest BCUT2D eigenvalue weighted by molar-refractivity contribution is -0.899. The van der Waals surface area contributed by atoms with Gasteiger partial charge in [0, 0.05) is 10.2 Å². The Labute approximate surface area is 126 Å². The molecule has 2 rings (SSSR count). The van der Waals surface area contributed by atoms with Gasteiger partial charge in [-0.2, -0.15) is 0 Å². The predicted octanol–water partition coefficient (Wildman–Crippen LogP) is 0.168. The van der Waals surface area contributed by atoms with E-state index in [1.54, 1.807) is 0 Å². The summed E-state index contributed by atoms with van der Waals surface area (Å²) in [7, 11) is 0. The van der Waals surface area contributed by atoms with Crippen molar-refractivity contribution in [3.8, 4) is 0 Å². The Balaban J connectivity index is 1.85. The predicted molar refractivity (Wildman–Crippen MR) is 80.3 cm³/mol. The minimum atomic E-state index is -0.254. The van der Waals surface area contributed by atoms with Gasteiger partial charge in [0.2, 0.25) is 5.91 Å². The standard InChI is InChI=1S/C14H18BrN3O2/c15-11-3-5-12(6-4-11)17-13(19)9-18-7-1-2-10(8-18)14(16)20/h3-6,10H,1-2,7-9H2,(H2,16,20)(H,17,19)/p+1/t10-/m1/s1. The van der Waals surface area contributed by atoms with Crippen LogP contribution < -0.4 is 16.0 Å². The first-order chi connectivity index (χ1) is 9.54. The smallest absolute Gasteiger partial charge is 0.279 e. The molecule has 2 amide bonds. The van der Waals surface area contributed by atoms with E-state index >= 15 is 0 Å². The molecule has 1 aromatic carbocycles. The molecule has 1 heterocycles. The highest BCUT2D eigenvalue weighted by molar-refractivity contribution is 9.10. The maximum atomic E-state index is 12.0. The second-order valence-corrected chi connectivity index (χ2v) is 6.09. The van der Waals surface area contributed by atoms with E-state index in [0.29, 0.717) is 13.1 Å². The number of primary amides is 1. The molecule has 20 heavy (non-hydrogen) atoms. The van der Waals surface area contributed by atoms with Crippen molar-refractivity contribution in [1.29, 1.82) is 0 Å². The number of nitrogens with two attached hydrogens (primary N) is 1. The molecule has 0 bridgehead atoms. The lowest BCUT2D eigenvalue weighted by atomic mass is 9.97. The van der Waals surface area contributed by atoms with Crippen LogP contribution in [0.25, 0.3) is 0 Å². The molecule has 6 heteroatoms. The van der Waals surface area contributed by atoms with Crippen molar-refractivity contribution in [2.24, 2.45) is 11.7 Å². The molecule has 2 atom stereocenters. The molecule has 1 unspecified atom stereocenters. The molecule has 108 valence electrons. The lowest BCUT2D eigenvalue weighted by Crippen LogP contribution is -3.14. The molecule has 1 aliphatic heterocycles. The van der Waals surface area contributed by atoms with E-state index in [4.69, 9.17) is 5.73 Å². The van der Waals surface area contributed by atoms with Crippen molar-refractivity contribution in [2.75, 3.05) is 25.0 Å². The number of likely N-dealkylation sites (tertiary alicyclic amines) is 1. The van der Waals surface area contributed by atoms with Gasteiger partial charge in [-0.1, -0.05) is 15.9 Å². The highest BCUT2D eigenvalue weighted by Gasteiger charge is 2.28. The van der Waals surface area contributed by atoms with E-state index in [1.807, 2.05) is 24.3 Å². The fourth-order valence-corrected chi connectivity index (χ4v) is 2.78. The first-order valence-corrected chi connectivity index (χ1v) is 7.52. The summed E-state index contributed by atoms with van der Waals surface area (Å²) in [5.74, 6) is -0.387. The Kier molecular flexibility index (Phi) is 5.14. The Morgan fingerprint density at radius 2 is 2.05 bits per heavy atom. The maximum Gasteiger partial charge on any atom is 0.279 e. The van der Waals surface area contributed by atoms with Gasteiger partial charge < -0.3 is 16.0 Å². The monoisotopic (exact) mass is 340 g/mol. The van der Waals surface area contributed by atoms with Crippen molar-refractivity contribution in [3.63, 3.8) is 0 Å². The van der Waals surface area contributed by atoms with Crippen LogP contribution in [0.15, 0.2) is 28.7 Å². The zero-order valence-corrected chi connectivity index (χ0v) is 12.8. The fraction of sp³-hybridized carbons (Fsp3) is 0.429. The van der Waals surface area contributed by atoms with Crippen LogP contribution in [0, 0.1) is 5.92 Å². The first kappa shape index (κ1) is 15.0. The van der Waals surface area contributed by atoms with Gasteiger partial charge >= 0.3 is 0 Å². The molecule has 1 aliphatic rings. The van der Waals surface area contributed by atoms with Gasteiger partial charge in [0.25, 0.3) is 5.91 Å². The van der Waals surface area contributed by atoms with E-state index in [2.05, 4.69) is 21.2 Å². The van der Waals surface area contributed by atoms with Gasteiger partial charge in [0.1, 0.15) is 0 Å². The van der Waals surface area contributed by atoms with Crippen LogP contribution in [0.1, 0.15) is 12.8 Å². The van der Waals surface area contributed by atoms with Gasteiger partial charge in [-0.15, -0.1) is 0 Å². The topological polar surface area (TPSA) is 76.6 Å². The summed E-state index contributed by atoms with van der Waals surface area (Å²) >= 11 is 3.35. The lowest BCUT2D eigenvalue weighted by Gasteiger charge is -2.27. The second-order valence-electron chi connectivity index (χ2n) is 5.18. The summed E-state index contributed by atoms with van der Waals surface area (Å²) in [4.78, 5) is 24.3. The van der Waals surface area contributed by atoms with Crippen molar-refractivity contribution >= 4 is 33.4 Å². The van der Waals surface area contributed by atoms with Crippen LogP contribution in [0.3, 0.4) is 0 Å². The van der Waals surface area contributed by atoms with Crippen LogP contribution in [0.4, 0.5) is 5.69 Å². The number of hydrogen-bond acceptors (Lipinski definition) is 2. The third kappa shape index (κ3) is 4.31. The van der Waals surface area contributed by atoms with Gasteiger partial charge in [0.15, 0.2) is 6.54 Å². The van der Waals surface area contributed by atoms with E-state index in [0.717, 1.165) is 34.4 Å². The number of nitrogens with one attached hydrogen (secondary N) is 2.